The van der Waals surface area contributed by atoms with Gasteiger partial charge in [-0.05, 0) is 23.7 Å². The largest absolute Gasteiger partial charge is 0.392 e. The second-order valence-corrected chi connectivity index (χ2v) is 8.05. The van der Waals surface area contributed by atoms with Crippen LogP contribution in [0.2, 0.25) is 0 Å². The van der Waals surface area contributed by atoms with E-state index in [-0.39, 0.29) is 22.5 Å². The smallest absolute Gasteiger partial charge is 0.139 e. The van der Waals surface area contributed by atoms with E-state index >= 15 is 0 Å². The van der Waals surface area contributed by atoms with Gasteiger partial charge in [0.05, 0.1) is 12.2 Å². The van der Waals surface area contributed by atoms with Crippen molar-refractivity contribution in [2.45, 2.75) is 52.7 Å². The molecule has 0 aromatic rings. The number of Topliss-reactive ketones (excluding diaryl/α,β-unsaturated/α-hetero) is 1. The summed E-state index contributed by atoms with van der Waals surface area (Å²) in [6.45, 7) is 8.19. The molecule has 4 bridgehead atoms. The Morgan fingerprint density at radius 3 is 2.28 bits per heavy atom. The number of ketones is 1. The topological polar surface area (TPSA) is 57.5 Å². The molecule has 5 fully saturated rings. The molecule has 2 N–H and O–H groups in total. The molecule has 0 aromatic heterocycles. The molecule has 100 valence electrons. The van der Waals surface area contributed by atoms with Gasteiger partial charge in [0.15, 0.2) is 0 Å². The molecule has 0 aromatic carbocycles. The van der Waals surface area contributed by atoms with Crippen LogP contribution in [0.25, 0.3) is 0 Å². The Balaban J connectivity index is 2.03. The van der Waals surface area contributed by atoms with Crippen LogP contribution in [0, 0.1) is 33.5 Å². The Kier molecular flexibility index (Phi) is 1.55. The molecular weight excluding hydrogens is 228 g/mol. The van der Waals surface area contributed by atoms with Crippen molar-refractivity contribution in [2.24, 2.45) is 33.5 Å². The number of hydrogen-bond acceptors (Lipinski definition) is 3. The summed E-state index contributed by atoms with van der Waals surface area (Å²) in [7, 11) is 0. The highest BCUT2D eigenvalue weighted by Gasteiger charge is 2.97. The predicted molar refractivity (Wildman–Crippen MR) is 65.7 cm³/mol. The van der Waals surface area contributed by atoms with Crippen LogP contribution in [-0.4, -0.2) is 28.2 Å². The number of hydrogen-bond donors (Lipinski definition) is 2. The number of carbonyl (C=O) groups excluding carboxylic acids is 1. The second-order valence-electron chi connectivity index (χ2n) is 8.05. The molecule has 18 heavy (non-hydrogen) atoms. The first-order chi connectivity index (χ1) is 8.18. The lowest BCUT2D eigenvalue weighted by molar-refractivity contribution is -0.183. The third-order valence-electron chi connectivity index (χ3n) is 7.70. The summed E-state index contributed by atoms with van der Waals surface area (Å²) in [5, 5.41) is 21.6. The first-order valence-electron chi connectivity index (χ1n) is 7.08. The highest BCUT2D eigenvalue weighted by atomic mass is 16.3. The summed E-state index contributed by atoms with van der Waals surface area (Å²) in [6.07, 6.45) is 0.399. The molecule has 1 spiro atoms. The number of rotatable bonds is 0. The van der Waals surface area contributed by atoms with Crippen molar-refractivity contribution >= 4 is 5.78 Å². The maximum atomic E-state index is 12.4. The van der Waals surface area contributed by atoms with E-state index in [1.807, 2.05) is 13.8 Å². The van der Waals surface area contributed by atoms with Gasteiger partial charge < -0.3 is 10.2 Å². The van der Waals surface area contributed by atoms with Crippen molar-refractivity contribution in [3.05, 3.63) is 0 Å². The van der Waals surface area contributed by atoms with Crippen molar-refractivity contribution in [1.82, 2.24) is 0 Å². The summed E-state index contributed by atoms with van der Waals surface area (Å²) in [4.78, 5) is 12.4. The van der Waals surface area contributed by atoms with Crippen LogP contribution in [0.3, 0.4) is 0 Å². The van der Waals surface area contributed by atoms with Gasteiger partial charge >= 0.3 is 0 Å². The molecule has 0 radical (unpaired) electrons. The lowest BCUT2D eigenvalue weighted by Gasteiger charge is -2.56. The number of aliphatic hydroxyl groups excluding tert-OH is 2. The van der Waals surface area contributed by atoms with Crippen LogP contribution in [0.15, 0.2) is 0 Å². The standard InChI is InChI=1S/C15H22O3/c1-12(2)7(16)5-6-13(3)9-8-10(17)15(12,13)11(18)14(8,9)4/h8-11,17-18H,5-6H2,1-4H3/t8-,9-,10+,11-,13+,14-,15-/m0/s1. The zero-order valence-electron chi connectivity index (χ0n) is 11.5. The minimum atomic E-state index is -0.612. The maximum Gasteiger partial charge on any atom is 0.139 e. The van der Waals surface area contributed by atoms with Crippen molar-refractivity contribution in [1.29, 1.82) is 0 Å². The fourth-order valence-corrected chi connectivity index (χ4v) is 7.07. The molecule has 5 aliphatic rings. The van der Waals surface area contributed by atoms with Gasteiger partial charge in [0.25, 0.3) is 0 Å². The van der Waals surface area contributed by atoms with Crippen molar-refractivity contribution in [2.75, 3.05) is 0 Å². The summed E-state index contributed by atoms with van der Waals surface area (Å²) < 4.78 is 0. The molecule has 0 saturated heterocycles. The van der Waals surface area contributed by atoms with E-state index in [4.69, 9.17) is 0 Å². The zero-order chi connectivity index (χ0) is 13.3. The molecule has 0 unspecified atom stereocenters. The minimum Gasteiger partial charge on any atom is -0.392 e. The summed E-state index contributed by atoms with van der Waals surface area (Å²) >= 11 is 0. The van der Waals surface area contributed by atoms with Crippen LogP contribution in [0.5, 0.6) is 0 Å². The van der Waals surface area contributed by atoms with Crippen LogP contribution >= 0.6 is 0 Å². The Morgan fingerprint density at radius 2 is 1.78 bits per heavy atom. The van der Waals surface area contributed by atoms with Gasteiger partial charge in [-0.15, -0.1) is 0 Å². The molecular formula is C15H22O3. The SMILES string of the molecule is CC1(C)C(=O)CC[C@]2(C)[C@@H]3[C@H]4[C@@H](O)[C@]12[C@@H](O)[C@@]43C. The van der Waals surface area contributed by atoms with E-state index in [9.17, 15) is 15.0 Å². The van der Waals surface area contributed by atoms with E-state index in [0.717, 1.165) is 6.42 Å². The van der Waals surface area contributed by atoms with Crippen molar-refractivity contribution in [3.63, 3.8) is 0 Å². The summed E-state index contributed by atoms with van der Waals surface area (Å²) in [5.74, 6) is 0.827. The Morgan fingerprint density at radius 1 is 1.17 bits per heavy atom. The molecule has 0 heterocycles. The van der Waals surface area contributed by atoms with E-state index in [0.29, 0.717) is 12.3 Å². The fourth-order valence-electron chi connectivity index (χ4n) is 7.07. The number of aliphatic hydroxyl groups is 2. The van der Waals surface area contributed by atoms with E-state index in [2.05, 4.69) is 13.8 Å². The Labute approximate surface area is 108 Å². The van der Waals surface area contributed by atoms with E-state index < -0.39 is 23.0 Å². The Hall–Kier alpha value is -0.410. The second kappa shape index (κ2) is 2.45. The highest BCUT2D eigenvalue weighted by molar-refractivity contribution is 5.87. The van der Waals surface area contributed by atoms with Gasteiger partial charge in [-0.2, -0.15) is 0 Å². The number of carbonyl (C=O) groups is 1. The minimum absolute atomic E-state index is 0.0668. The van der Waals surface area contributed by atoms with Crippen molar-refractivity contribution < 1.29 is 15.0 Å². The van der Waals surface area contributed by atoms with Crippen LogP contribution < -0.4 is 0 Å². The average molecular weight is 250 g/mol. The van der Waals surface area contributed by atoms with Gasteiger partial charge in [0, 0.05) is 22.7 Å². The van der Waals surface area contributed by atoms with Crippen LogP contribution in [-0.2, 0) is 4.79 Å². The van der Waals surface area contributed by atoms with Crippen molar-refractivity contribution in [3.8, 4) is 0 Å². The molecule has 5 rings (SSSR count). The zero-order valence-corrected chi connectivity index (χ0v) is 11.5. The molecule has 3 nitrogen and oxygen atoms in total. The highest BCUT2D eigenvalue weighted by Crippen LogP contribution is 2.93. The Bertz CT molecular complexity index is 484. The molecule has 0 aliphatic heterocycles. The fraction of sp³-hybridized carbons (Fsp3) is 0.933. The van der Waals surface area contributed by atoms with E-state index in [1.54, 1.807) is 0 Å². The van der Waals surface area contributed by atoms with Gasteiger partial charge in [0.2, 0.25) is 0 Å². The third-order valence-corrected chi connectivity index (χ3v) is 7.70. The summed E-state index contributed by atoms with van der Waals surface area (Å²) in [6, 6.07) is 0. The van der Waals surface area contributed by atoms with Gasteiger partial charge in [-0.1, -0.05) is 27.7 Å². The molecule has 5 aliphatic carbocycles. The van der Waals surface area contributed by atoms with Crippen LogP contribution in [0.1, 0.15) is 40.5 Å². The predicted octanol–water partition coefficient (Wildman–Crippen LogP) is 1.37. The molecule has 3 heteroatoms. The quantitative estimate of drug-likeness (QED) is 0.682. The first-order valence-corrected chi connectivity index (χ1v) is 7.08. The van der Waals surface area contributed by atoms with Gasteiger partial charge in [-0.25, -0.2) is 0 Å². The first kappa shape index (κ1) is 11.4. The maximum absolute atomic E-state index is 12.4. The average Bonchev–Trinajstić information content (AvgIpc) is 2.73. The normalized spacial score (nSPS) is 67.1. The summed E-state index contributed by atoms with van der Waals surface area (Å²) in [5.41, 5.74) is -1.43. The lowest BCUT2D eigenvalue weighted by atomic mass is 9.47. The van der Waals surface area contributed by atoms with Gasteiger partial charge in [-0.3, -0.25) is 4.79 Å². The lowest BCUT2D eigenvalue weighted by Crippen LogP contribution is -2.61. The monoisotopic (exact) mass is 250 g/mol. The van der Waals surface area contributed by atoms with Crippen LogP contribution in [0.4, 0.5) is 0 Å². The molecule has 7 atom stereocenters. The molecule has 5 saturated carbocycles. The molecule has 0 amide bonds. The third kappa shape index (κ3) is 0.648. The van der Waals surface area contributed by atoms with Gasteiger partial charge in [0.1, 0.15) is 5.78 Å². The van der Waals surface area contributed by atoms with E-state index in [1.165, 1.54) is 0 Å².